The lowest BCUT2D eigenvalue weighted by atomic mass is 10.2. The molecule has 28 heavy (non-hydrogen) atoms. The first kappa shape index (κ1) is 21.2. The summed E-state index contributed by atoms with van der Waals surface area (Å²) >= 11 is 5.86. The summed E-state index contributed by atoms with van der Waals surface area (Å²) in [6, 6.07) is 12.1. The number of nitrogens with zero attached hydrogens (tertiary/aromatic N) is 1. The number of amides is 2. The standard InChI is InChI=1S/C20H22ClN3O4/c1-3-28-18-11-14(7-8-17(18)27-2)13-22-24-20(26)10-9-19(25)23-16-6-4-5-15(21)12-16/h4-8,11-13H,3,9-10H2,1-2H3,(H,23,25)(H,24,26). The maximum absolute atomic E-state index is 11.9. The number of hydrazone groups is 1. The first-order valence-corrected chi connectivity index (χ1v) is 9.07. The summed E-state index contributed by atoms with van der Waals surface area (Å²) < 4.78 is 10.7. The van der Waals surface area contributed by atoms with Gasteiger partial charge in [-0.15, -0.1) is 0 Å². The predicted molar refractivity (Wildman–Crippen MR) is 109 cm³/mol. The van der Waals surface area contributed by atoms with Gasteiger partial charge in [0.1, 0.15) is 0 Å². The van der Waals surface area contributed by atoms with Crippen molar-refractivity contribution < 1.29 is 19.1 Å². The Morgan fingerprint density at radius 2 is 1.89 bits per heavy atom. The Morgan fingerprint density at radius 3 is 2.61 bits per heavy atom. The number of rotatable bonds is 9. The fourth-order valence-electron chi connectivity index (χ4n) is 2.29. The van der Waals surface area contributed by atoms with E-state index in [1.54, 1.807) is 49.6 Å². The Bertz CT molecular complexity index is 855. The van der Waals surface area contributed by atoms with Crippen molar-refractivity contribution in [3.05, 3.63) is 53.1 Å². The lowest BCUT2D eigenvalue weighted by Crippen LogP contribution is -2.20. The van der Waals surface area contributed by atoms with Crippen LogP contribution in [-0.4, -0.2) is 31.7 Å². The van der Waals surface area contributed by atoms with Gasteiger partial charge in [0.25, 0.3) is 0 Å². The maximum atomic E-state index is 11.9. The zero-order chi connectivity index (χ0) is 20.4. The molecule has 8 heteroatoms. The molecule has 2 aromatic rings. The van der Waals surface area contributed by atoms with Crippen LogP contribution in [-0.2, 0) is 9.59 Å². The number of carbonyl (C=O) groups is 2. The van der Waals surface area contributed by atoms with Crippen LogP contribution in [0.3, 0.4) is 0 Å². The van der Waals surface area contributed by atoms with Gasteiger partial charge in [0.15, 0.2) is 11.5 Å². The Kier molecular flexibility index (Phi) is 8.30. The number of anilines is 1. The molecule has 0 heterocycles. The molecule has 0 spiro atoms. The van der Waals surface area contributed by atoms with E-state index in [0.717, 1.165) is 5.56 Å². The first-order valence-electron chi connectivity index (χ1n) is 8.70. The second-order valence-corrected chi connectivity index (χ2v) is 6.13. The quantitative estimate of drug-likeness (QED) is 0.494. The average molecular weight is 404 g/mol. The highest BCUT2D eigenvalue weighted by atomic mass is 35.5. The molecule has 0 aliphatic carbocycles. The minimum absolute atomic E-state index is 0.0105. The molecule has 2 amide bonds. The molecule has 0 saturated heterocycles. The minimum Gasteiger partial charge on any atom is -0.493 e. The second kappa shape index (κ2) is 10.9. The number of hydrogen-bond acceptors (Lipinski definition) is 5. The van der Waals surface area contributed by atoms with Gasteiger partial charge in [0.05, 0.1) is 19.9 Å². The van der Waals surface area contributed by atoms with Gasteiger partial charge in [-0.2, -0.15) is 5.10 Å². The van der Waals surface area contributed by atoms with E-state index in [1.165, 1.54) is 6.21 Å². The molecule has 0 atom stereocenters. The van der Waals surface area contributed by atoms with E-state index in [-0.39, 0.29) is 24.7 Å². The number of hydrogen-bond donors (Lipinski definition) is 2. The third kappa shape index (κ3) is 6.92. The van der Waals surface area contributed by atoms with Crippen molar-refractivity contribution in [1.29, 1.82) is 0 Å². The molecule has 148 valence electrons. The summed E-state index contributed by atoms with van der Waals surface area (Å²) in [5, 5.41) is 7.11. The van der Waals surface area contributed by atoms with Gasteiger partial charge in [0.2, 0.25) is 11.8 Å². The Hall–Kier alpha value is -3.06. The van der Waals surface area contributed by atoms with Gasteiger partial charge in [-0.3, -0.25) is 9.59 Å². The van der Waals surface area contributed by atoms with Gasteiger partial charge in [-0.05, 0) is 48.9 Å². The summed E-state index contributed by atoms with van der Waals surface area (Å²) in [6.45, 7) is 2.38. The van der Waals surface area contributed by atoms with Gasteiger partial charge in [0, 0.05) is 23.6 Å². The van der Waals surface area contributed by atoms with Crippen LogP contribution in [0.1, 0.15) is 25.3 Å². The van der Waals surface area contributed by atoms with Gasteiger partial charge < -0.3 is 14.8 Å². The second-order valence-electron chi connectivity index (χ2n) is 5.70. The van der Waals surface area contributed by atoms with E-state index in [9.17, 15) is 9.59 Å². The molecule has 0 radical (unpaired) electrons. The highest BCUT2D eigenvalue weighted by Gasteiger charge is 2.07. The molecular formula is C20H22ClN3O4. The summed E-state index contributed by atoms with van der Waals surface area (Å²) in [7, 11) is 1.56. The van der Waals surface area contributed by atoms with Crippen LogP contribution in [0.2, 0.25) is 5.02 Å². The third-order valence-electron chi connectivity index (χ3n) is 3.58. The van der Waals surface area contributed by atoms with E-state index >= 15 is 0 Å². The van der Waals surface area contributed by atoms with E-state index < -0.39 is 0 Å². The maximum Gasteiger partial charge on any atom is 0.240 e. The molecule has 0 aliphatic rings. The van der Waals surface area contributed by atoms with Gasteiger partial charge >= 0.3 is 0 Å². The smallest absolute Gasteiger partial charge is 0.240 e. The highest BCUT2D eigenvalue weighted by molar-refractivity contribution is 6.30. The molecule has 0 fully saturated rings. The van der Waals surface area contributed by atoms with Crippen LogP contribution in [0.15, 0.2) is 47.6 Å². The number of halogens is 1. The van der Waals surface area contributed by atoms with E-state index in [4.69, 9.17) is 21.1 Å². The van der Waals surface area contributed by atoms with Crippen LogP contribution in [0.25, 0.3) is 0 Å². The molecule has 0 bridgehead atoms. The monoisotopic (exact) mass is 403 g/mol. The van der Waals surface area contributed by atoms with Crippen LogP contribution >= 0.6 is 11.6 Å². The summed E-state index contributed by atoms with van der Waals surface area (Å²) in [4.78, 5) is 23.7. The fourth-order valence-corrected chi connectivity index (χ4v) is 2.48. The normalized spacial score (nSPS) is 10.5. The number of nitrogens with one attached hydrogen (secondary N) is 2. The lowest BCUT2D eigenvalue weighted by Gasteiger charge is -2.09. The van der Waals surface area contributed by atoms with E-state index in [2.05, 4.69) is 15.8 Å². The Balaban J connectivity index is 1.80. The Labute approximate surface area is 168 Å². The van der Waals surface area contributed by atoms with Crippen molar-refractivity contribution in [2.45, 2.75) is 19.8 Å². The fraction of sp³-hybridized carbons (Fsp3) is 0.250. The van der Waals surface area contributed by atoms with Crippen LogP contribution in [0.4, 0.5) is 5.69 Å². The topological polar surface area (TPSA) is 89.0 Å². The first-order chi connectivity index (χ1) is 13.5. The molecule has 0 aliphatic heterocycles. The van der Waals surface area contributed by atoms with Crippen molar-refractivity contribution in [1.82, 2.24) is 5.43 Å². The summed E-state index contributed by atoms with van der Waals surface area (Å²) in [5.74, 6) is 0.570. The predicted octanol–water partition coefficient (Wildman–Crippen LogP) is 3.62. The summed E-state index contributed by atoms with van der Waals surface area (Å²) in [6.07, 6.45) is 1.54. The van der Waals surface area contributed by atoms with Gasteiger partial charge in [-0.1, -0.05) is 17.7 Å². The van der Waals surface area contributed by atoms with Crippen molar-refractivity contribution in [3.8, 4) is 11.5 Å². The molecule has 0 unspecified atom stereocenters. The zero-order valence-electron chi connectivity index (χ0n) is 15.7. The zero-order valence-corrected chi connectivity index (χ0v) is 16.5. The van der Waals surface area contributed by atoms with Gasteiger partial charge in [-0.25, -0.2) is 5.43 Å². The number of methoxy groups -OCH3 is 1. The van der Waals surface area contributed by atoms with Crippen molar-refractivity contribution in [2.75, 3.05) is 19.0 Å². The van der Waals surface area contributed by atoms with E-state index in [0.29, 0.717) is 28.8 Å². The number of ether oxygens (including phenoxy) is 2. The number of benzene rings is 2. The molecular weight excluding hydrogens is 382 g/mol. The molecule has 2 aromatic carbocycles. The third-order valence-corrected chi connectivity index (χ3v) is 3.81. The number of carbonyl (C=O) groups excluding carboxylic acids is 2. The Morgan fingerprint density at radius 1 is 1.11 bits per heavy atom. The van der Waals surface area contributed by atoms with Crippen LogP contribution < -0.4 is 20.2 Å². The molecule has 2 N–H and O–H groups in total. The average Bonchev–Trinajstić information content (AvgIpc) is 2.67. The molecule has 7 nitrogen and oxygen atoms in total. The summed E-state index contributed by atoms with van der Waals surface area (Å²) in [5.41, 5.74) is 3.72. The van der Waals surface area contributed by atoms with Crippen molar-refractivity contribution in [2.24, 2.45) is 5.10 Å². The lowest BCUT2D eigenvalue weighted by molar-refractivity contribution is -0.124. The van der Waals surface area contributed by atoms with E-state index in [1.807, 2.05) is 6.92 Å². The highest BCUT2D eigenvalue weighted by Crippen LogP contribution is 2.27. The molecule has 0 saturated carbocycles. The molecule has 2 rings (SSSR count). The SMILES string of the molecule is CCOc1cc(C=NNC(=O)CCC(=O)Nc2cccc(Cl)c2)ccc1OC. The molecule has 0 aromatic heterocycles. The largest absolute Gasteiger partial charge is 0.493 e. The van der Waals surface area contributed by atoms with Crippen molar-refractivity contribution >= 4 is 35.3 Å². The minimum atomic E-state index is -0.365. The van der Waals surface area contributed by atoms with Crippen LogP contribution in [0, 0.1) is 0 Å². The van der Waals surface area contributed by atoms with Crippen molar-refractivity contribution in [3.63, 3.8) is 0 Å². The van der Waals surface area contributed by atoms with Crippen LogP contribution in [0.5, 0.6) is 11.5 Å².